The van der Waals surface area contributed by atoms with Gasteiger partial charge in [0.05, 0.1) is 12.3 Å². The molecule has 0 bridgehead atoms. The molecule has 1 amide bonds. The van der Waals surface area contributed by atoms with Gasteiger partial charge in [-0.05, 0) is 62.9 Å². The van der Waals surface area contributed by atoms with E-state index in [1.165, 1.54) is 33.0 Å². The SMILES string of the molecule is CNC(=O)C[C@@H](OC(=O)[C@@H](CC(C)C)NC)[C@H](CC(C)(C)F)C(=O)O[C@H](Cc1ccc(OC(F)(F)F)cc1)C(=O)OCc1ccccc1. The van der Waals surface area contributed by atoms with Crippen molar-refractivity contribution in [3.8, 4) is 5.75 Å². The van der Waals surface area contributed by atoms with Gasteiger partial charge in [0.15, 0.2) is 0 Å². The molecule has 0 aliphatic carbocycles. The molecule has 266 valence electrons. The lowest BCUT2D eigenvalue weighted by Gasteiger charge is -2.31. The third-order valence-electron chi connectivity index (χ3n) is 7.05. The molecular formula is C34H44F4N2O8. The van der Waals surface area contributed by atoms with E-state index in [1.54, 1.807) is 37.4 Å². The molecule has 0 aromatic heterocycles. The van der Waals surface area contributed by atoms with E-state index in [4.69, 9.17) is 14.2 Å². The molecule has 0 saturated carbocycles. The van der Waals surface area contributed by atoms with Crippen molar-refractivity contribution in [3.05, 3.63) is 65.7 Å². The first-order valence-corrected chi connectivity index (χ1v) is 15.4. The highest BCUT2D eigenvalue weighted by atomic mass is 19.4. The summed E-state index contributed by atoms with van der Waals surface area (Å²) in [6, 6.07) is 12.4. The summed E-state index contributed by atoms with van der Waals surface area (Å²) in [5, 5.41) is 5.24. The van der Waals surface area contributed by atoms with Gasteiger partial charge in [0, 0.05) is 13.5 Å². The van der Waals surface area contributed by atoms with E-state index in [1.807, 2.05) is 13.8 Å². The number of halogens is 4. The summed E-state index contributed by atoms with van der Waals surface area (Å²) in [6.45, 7) is 5.97. The Morgan fingerprint density at radius 3 is 1.96 bits per heavy atom. The van der Waals surface area contributed by atoms with Gasteiger partial charge in [-0.15, -0.1) is 13.2 Å². The number of likely N-dealkylation sites (N-methyl/N-ethyl adjacent to an activating group) is 1. The Kier molecular flexibility index (Phi) is 15.3. The predicted molar refractivity (Wildman–Crippen MR) is 167 cm³/mol. The van der Waals surface area contributed by atoms with Gasteiger partial charge in [-0.25, -0.2) is 9.18 Å². The molecule has 2 aromatic carbocycles. The smallest absolute Gasteiger partial charge is 0.460 e. The molecule has 0 heterocycles. The van der Waals surface area contributed by atoms with E-state index in [0.29, 0.717) is 12.0 Å². The van der Waals surface area contributed by atoms with E-state index in [-0.39, 0.29) is 24.5 Å². The number of esters is 3. The first-order chi connectivity index (χ1) is 22.4. The minimum Gasteiger partial charge on any atom is -0.460 e. The first kappa shape index (κ1) is 40.0. The number of benzene rings is 2. The summed E-state index contributed by atoms with van der Waals surface area (Å²) in [5.74, 6) is -5.49. The van der Waals surface area contributed by atoms with Crippen LogP contribution in [0.4, 0.5) is 17.6 Å². The summed E-state index contributed by atoms with van der Waals surface area (Å²) >= 11 is 0. The number of amides is 1. The monoisotopic (exact) mass is 684 g/mol. The van der Waals surface area contributed by atoms with Crippen molar-refractivity contribution in [1.82, 2.24) is 10.6 Å². The molecular weight excluding hydrogens is 640 g/mol. The normalized spacial score (nSPS) is 14.3. The van der Waals surface area contributed by atoms with Crippen LogP contribution in [-0.4, -0.2) is 68.2 Å². The first-order valence-electron chi connectivity index (χ1n) is 15.4. The lowest BCUT2D eigenvalue weighted by molar-refractivity contribution is -0.274. The van der Waals surface area contributed by atoms with E-state index in [9.17, 15) is 32.3 Å². The van der Waals surface area contributed by atoms with Gasteiger partial charge in [-0.3, -0.25) is 14.4 Å². The number of hydrogen-bond acceptors (Lipinski definition) is 9. The van der Waals surface area contributed by atoms with Crippen LogP contribution in [0.2, 0.25) is 0 Å². The Morgan fingerprint density at radius 2 is 1.44 bits per heavy atom. The maximum absolute atomic E-state index is 15.2. The Hall–Kier alpha value is -4.20. The highest BCUT2D eigenvalue weighted by Crippen LogP contribution is 2.29. The van der Waals surface area contributed by atoms with Crippen LogP contribution in [0.3, 0.4) is 0 Å². The van der Waals surface area contributed by atoms with Gasteiger partial charge in [0.2, 0.25) is 12.0 Å². The molecule has 0 unspecified atom stereocenters. The molecule has 0 fully saturated rings. The van der Waals surface area contributed by atoms with Crippen LogP contribution in [0.25, 0.3) is 0 Å². The molecule has 0 saturated heterocycles. The van der Waals surface area contributed by atoms with Crippen LogP contribution in [0.1, 0.15) is 58.1 Å². The van der Waals surface area contributed by atoms with Gasteiger partial charge in [-0.1, -0.05) is 56.3 Å². The molecule has 0 aliphatic rings. The van der Waals surface area contributed by atoms with Gasteiger partial charge in [-0.2, -0.15) is 0 Å². The number of ether oxygens (including phenoxy) is 4. The summed E-state index contributed by atoms with van der Waals surface area (Å²) in [5.41, 5.74) is -1.12. The molecule has 4 atom stereocenters. The van der Waals surface area contributed by atoms with Crippen molar-refractivity contribution >= 4 is 23.8 Å². The number of carbonyl (C=O) groups is 4. The quantitative estimate of drug-likeness (QED) is 0.123. The molecule has 0 radical (unpaired) electrons. The molecule has 0 spiro atoms. The van der Waals surface area contributed by atoms with Crippen LogP contribution < -0.4 is 15.4 Å². The van der Waals surface area contributed by atoms with Crippen molar-refractivity contribution in [2.24, 2.45) is 11.8 Å². The second-order valence-electron chi connectivity index (χ2n) is 12.3. The number of rotatable bonds is 18. The van der Waals surface area contributed by atoms with Crippen LogP contribution in [0.15, 0.2) is 54.6 Å². The highest BCUT2D eigenvalue weighted by molar-refractivity contribution is 5.83. The molecule has 0 aliphatic heterocycles. The number of carbonyl (C=O) groups excluding carboxylic acids is 4. The molecule has 14 heteroatoms. The fourth-order valence-electron chi connectivity index (χ4n) is 4.74. The highest BCUT2D eigenvalue weighted by Gasteiger charge is 2.41. The Balaban J connectivity index is 2.44. The van der Waals surface area contributed by atoms with Crippen LogP contribution in [-0.2, 0) is 46.4 Å². The molecule has 2 N–H and O–H groups in total. The minimum atomic E-state index is -4.92. The third-order valence-corrected chi connectivity index (χ3v) is 7.05. The van der Waals surface area contributed by atoms with Gasteiger partial charge < -0.3 is 29.6 Å². The molecule has 2 aromatic rings. The largest absolute Gasteiger partial charge is 0.573 e. The van der Waals surface area contributed by atoms with Crippen LogP contribution in [0, 0.1) is 11.8 Å². The topological polar surface area (TPSA) is 129 Å². The van der Waals surface area contributed by atoms with Crippen molar-refractivity contribution in [3.63, 3.8) is 0 Å². The van der Waals surface area contributed by atoms with Crippen LogP contribution >= 0.6 is 0 Å². The average molecular weight is 685 g/mol. The van der Waals surface area contributed by atoms with Gasteiger partial charge in [0.25, 0.3) is 0 Å². The second kappa shape index (κ2) is 18.4. The van der Waals surface area contributed by atoms with Crippen molar-refractivity contribution in [2.75, 3.05) is 14.1 Å². The lowest BCUT2D eigenvalue weighted by Crippen LogP contribution is -2.45. The van der Waals surface area contributed by atoms with Gasteiger partial charge >= 0.3 is 24.3 Å². The van der Waals surface area contributed by atoms with Crippen molar-refractivity contribution in [1.29, 1.82) is 0 Å². The molecule has 2 rings (SSSR count). The van der Waals surface area contributed by atoms with Crippen LogP contribution in [0.5, 0.6) is 5.75 Å². The summed E-state index contributed by atoms with van der Waals surface area (Å²) in [4.78, 5) is 52.8. The summed E-state index contributed by atoms with van der Waals surface area (Å²) < 4.78 is 73.7. The number of hydrogen-bond donors (Lipinski definition) is 2. The standard InChI is InChI=1S/C34H44F4N2O8/c1-21(2)16-26(39-5)31(43)46-27(18-29(41)40-6)25(19-33(3,4)35)30(42)47-28(32(44)45-20-23-10-8-7-9-11-23)17-22-12-14-24(15-13-22)48-34(36,37)38/h7-15,21,25-28,39H,16-20H2,1-6H3,(H,40,41)/t25-,26+,27+,28+/m0/s1. The maximum atomic E-state index is 15.2. The summed E-state index contributed by atoms with van der Waals surface area (Å²) in [6.07, 6.45) is -9.09. The average Bonchev–Trinajstić information content (AvgIpc) is 3.00. The minimum absolute atomic E-state index is 0.0784. The van der Waals surface area contributed by atoms with Crippen molar-refractivity contribution < 1.29 is 55.7 Å². The Labute approximate surface area is 277 Å². The van der Waals surface area contributed by atoms with Crippen molar-refractivity contribution in [2.45, 2.75) is 90.3 Å². The molecule has 48 heavy (non-hydrogen) atoms. The molecule has 10 nitrogen and oxygen atoms in total. The fraction of sp³-hybridized carbons (Fsp3) is 0.529. The summed E-state index contributed by atoms with van der Waals surface area (Å²) in [7, 11) is 2.89. The lowest BCUT2D eigenvalue weighted by atomic mass is 9.88. The Bertz CT molecular complexity index is 1330. The van der Waals surface area contributed by atoms with E-state index < -0.39 is 78.6 Å². The maximum Gasteiger partial charge on any atom is 0.573 e. The zero-order valence-corrected chi connectivity index (χ0v) is 27.9. The predicted octanol–water partition coefficient (Wildman–Crippen LogP) is 5.22. The van der Waals surface area contributed by atoms with E-state index in [2.05, 4.69) is 15.4 Å². The zero-order valence-electron chi connectivity index (χ0n) is 27.9. The van der Waals surface area contributed by atoms with E-state index in [0.717, 1.165) is 12.1 Å². The number of alkyl halides is 4. The second-order valence-corrected chi connectivity index (χ2v) is 12.3. The third kappa shape index (κ3) is 14.7. The Morgan fingerprint density at radius 1 is 0.812 bits per heavy atom. The van der Waals surface area contributed by atoms with Gasteiger partial charge in [0.1, 0.15) is 30.2 Å². The fourth-order valence-corrected chi connectivity index (χ4v) is 4.74. The zero-order chi connectivity index (χ0) is 36.1. The number of nitrogens with one attached hydrogen (secondary N) is 2. The van der Waals surface area contributed by atoms with E-state index >= 15 is 4.39 Å².